The van der Waals surface area contributed by atoms with Gasteiger partial charge in [-0.25, -0.2) is 0 Å². The van der Waals surface area contributed by atoms with Crippen LogP contribution in [0.15, 0.2) is 78.9 Å². The summed E-state index contributed by atoms with van der Waals surface area (Å²) in [4.78, 5) is 29.6. The van der Waals surface area contributed by atoms with Crippen LogP contribution in [0.3, 0.4) is 0 Å². The molecule has 0 radical (unpaired) electrons. The van der Waals surface area contributed by atoms with E-state index in [2.05, 4.69) is 5.32 Å². The summed E-state index contributed by atoms with van der Waals surface area (Å²) in [7, 11) is 1.61. The Balaban J connectivity index is 1.54. The maximum absolute atomic E-state index is 14.0. The SMILES string of the molecule is CCOc1ccccc1CN1C(=O)c2cc3ccccc3n2CC1(C)C(=O)NCc1ccccc1OC. The zero-order valence-corrected chi connectivity index (χ0v) is 21.4. The van der Waals surface area contributed by atoms with Gasteiger partial charge in [0, 0.05) is 28.6 Å². The largest absolute Gasteiger partial charge is 0.496 e. The van der Waals surface area contributed by atoms with Gasteiger partial charge in [0.2, 0.25) is 5.91 Å². The van der Waals surface area contributed by atoms with Gasteiger partial charge in [-0.05, 0) is 38.1 Å². The van der Waals surface area contributed by atoms with Crippen LogP contribution in [0, 0.1) is 0 Å². The van der Waals surface area contributed by atoms with Gasteiger partial charge in [-0.15, -0.1) is 0 Å². The van der Waals surface area contributed by atoms with Gasteiger partial charge >= 0.3 is 0 Å². The highest BCUT2D eigenvalue weighted by Crippen LogP contribution is 2.35. The van der Waals surface area contributed by atoms with Gasteiger partial charge in [-0.2, -0.15) is 0 Å². The normalized spacial score (nSPS) is 16.9. The van der Waals surface area contributed by atoms with Gasteiger partial charge in [0.25, 0.3) is 5.91 Å². The summed E-state index contributed by atoms with van der Waals surface area (Å²) in [6, 6.07) is 25.0. The summed E-state index contributed by atoms with van der Waals surface area (Å²) >= 11 is 0. The molecule has 0 bridgehead atoms. The quantitative estimate of drug-likeness (QED) is 0.380. The number of amides is 2. The first-order valence-corrected chi connectivity index (χ1v) is 12.5. The number of rotatable bonds is 8. The molecule has 7 heteroatoms. The number of para-hydroxylation sites is 3. The molecule has 4 aromatic rings. The van der Waals surface area contributed by atoms with Crippen molar-refractivity contribution in [2.45, 2.75) is 39.0 Å². The molecule has 7 nitrogen and oxygen atoms in total. The van der Waals surface area contributed by atoms with Crippen LogP contribution in [0.25, 0.3) is 10.9 Å². The third-order valence-electron chi connectivity index (χ3n) is 7.06. The molecule has 0 saturated carbocycles. The molecule has 1 aromatic heterocycles. The molecular weight excluding hydrogens is 466 g/mol. The van der Waals surface area contributed by atoms with Crippen LogP contribution in [-0.4, -0.2) is 40.5 Å². The minimum atomic E-state index is -1.15. The van der Waals surface area contributed by atoms with Gasteiger partial charge in [-0.1, -0.05) is 54.6 Å². The van der Waals surface area contributed by atoms with Crippen molar-refractivity contribution in [1.82, 2.24) is 14.8 Å². The highest BCUT2D eigenvalue weighted by atomic mass is 16.5. The van der Waals surface area contributed by atoms with Crippen LogP contribution < -0.4 is 14.8 Å². The average molecular weight is 498 g/mol. The lowest BCUT2D eigenvalue weighted by Gasteiger charge is -2.44. The summed E-state index contributed by atoms with van der Waals surface area (Å²) in [5, 5.41) is 4.05. The van der Waals surface area contributed by atoms with E-state index >= 15 is 0 Å². The number of hydrogen-bond acceptors (Lipinski definition) is 4. The van der Waals surface area contributed by atoms with E-state index in [9.17, 15) is 9.59 Å². The van der Waals surface area contributed by atoms with Crippen molar-refractivity contribution in [2.24, 2.45) is 0 Å². The fourth-order valence-electron chi connectivity index (χ4n) is 5.07. The highest BCUT2D eigenvalue weighted by molar-refractivity contribution is 6.03. The van der Waals surface area contributed by atoms with E-state index in [0.29, 0.717) is 30.3 Å². The Labute approximate surface area is 216 Å². The maximum atomic E-state index is 14.0. The van der Waals surface area contributed by atoms with Crippen LogP contribution in [0.1, 0.15) is 35.5 Å². The Hall–Kier alpha value is -4.26. The Kier molecular flexibility index (Phi) is 6.61. The van der Waals surface area contributed by atoms with E-state index in [1.54, 1.807) is 12.0 Å². The molecule has 1 N–H and O–H groups in total. The van der Waals surface area contributed by atoms with Gasteiger partial charge in [0.15, 0.2) is 0 Å². The summed E-state index contributed by atoms with van der Waals surface area (Å²) in [5.41, 5.74) is 2.08. The predicted molar refractivity (Wildman–Crippen MR) is 143 cm³/mol. The molecule has 2 heterocycles. The molecular formula is C30H31N3O4. The number of benzene rings is 3. The van der Waals surface area contributed by atoms with E-state index in [0.717, 1.165) is 22.0 Å². The minimum Gasteiger partial charge on any atom is -0.496 e. The Morgan fingerprint density at radius 3 is 2.41 bits per heavy atom. The second-order valence-corrected chi connectivity index (χ2v) is 9.37. The summed E-state index contributed by atoms with van der Waals surface area (Å²) in [5.74, 6) is 0.988. The molecule has 1 aliphatic rings. The van der Waals surface area contributed by atoms with Crippen LogP contribution in [0.4, 0.5) is 0 Å². The highest BCUT2D eigenvalue weighted by Gasteiger charge is 2.47. The molecule has 1 unspecified atom stereocenters. The second kappa shape index (κ2) is 10.0. The van der Waals surface area contributed by atoms with E-state index in [1.807, 2.05) is 97.3 Å². The summed E-state index contributed by atoms with van der Waals surface area (Å²) < 4.78 is 13.2. The third-order valence-corrected chi connectivity index (χ3v) is 7.06. The van der Waals surface area contributed by atoms with Crippen molar-refractivity contribution in [2.75, 3.05) is 13.7 Å². The lowest BCUT2D eigenvalue weighted by atomic mass is 9.93. The van der Waals surface area contributed by atoms with Gasteiger partial charge in [-0.3, -0.25) is 9.59 Å². The Morgan fingerprint density at radius 1 is 0.973 bits per heavy atom. The standard InChI is InChI=1S/C30H31N3O4/c1-4-37-27-16-10-7-13-23(27)19-33-28(34)25-17-21-11-5-8-14-24(21)32(25)20-30(33,2)29(35)31-18-22-12-6-9-15-26(22)36-3/h5-17H,4,18-20H2,1-3H3,(H,31,35). The van der Waals surface area contributed by atoms with E-state index in [1.165, 1.54) is 0 Å². The van der Waals surface area contributed by atoms with E-state index in [4.69, 9.17) is 9.47 Å². The zero-order valence-electron chi connectivity index (χ0n) is 21.4. The van der Waals surface area contributed by atoms with Crippen molar-refractivity contribution in [3.05, 3.63) is 95.7 Å². The van der Waals surface area contributed by atoms with Crippen LogP contribution in [0.5, 0.6) is 11.5 Å². The number of ether oxygens (including phenoxy) is 2. The molecule has 190 valence electrons. The van der Waals surface area contributed by atoms with Crippen molar-refractivity contribution in [1.29, 1.82) is 0 Å². The monoisotopic (exact) mass is 497 g/mol. The third kappa shape index (κ3) is 4.42. The zero-order chi connectivity index (χ0) is 26.0. The lowest BCUT2D eigenvalue weighted by molar-refractivity contribution is -0.133. The number of aromatic nitrogens is 1. The minimum absolute atomic E-state index is 0.191. The number of fused-ring (bicyclic) bond motifs is 3. The number of carbonyl (C=O) groups is 2. The van der Waals surface area contributed by atoms with Crippen molar-refractivity contribution in [3.8, 4) is 11.5 Å². The molecule has 0 fully saturated rings. The van der Waals surface area contributed by atoms with Gasteiger partial charge < -0.3 is 24.3 Å². The molecule has 37 heavy (non-hydrogen) atoms. The topological polar surface area (TPSA) is 72.8 Å². The number of hydrogen-bond donors (Lipinski definition) is 1. The van der Waals surface area contributed by atoms with Crippen molar-refractivity contribution < 1.29 is 19.1 Å². The Morgan fingerprint density at radius 2 is 1.65 bits per heavy atom. The smallest absolute Gasteiger partial charge is 0.271 e. The van der Waals surface area contributed by atoms with Crippen molar-refractivity contribution >= 4 is 22.7 Å². The van der Waals surface area contributed by atoms with Gasteiger partial charge in [0.1, 0.15) is 22.7 Å². The van der Waals surface area contributed by atoms with E-state index < -0.39 is 5.54 Å². The summed E-state index contributed by atoms with van der Waals surface area (Å²) in [6.07, 6.45) is 0. The molecule has 5 rings (SSSR count). The molecule has 0 spiro atoms. The molecule has 2 amide bonds. The first-order chi connectivity index (χ1) is 18.0. The summed E-state index contributed by atoms with van der Waals surface area (Å²) in [6.45, 7) is 5.14. The van der Waals surface area contributed by atoms with E-state index in [-0.39, 0.29) is 24.9 Å². The molecule has 1 atom stereocenters. The second-order valence-electron chi connectivity index (χ2n) is 9.37. The fourth-order valence-corrected chi connectivity index (χ4v) is 5.07. The lowest BCUT2D eigenvalue weighted by Crippen LogP contribution is -2.63. The molecule has 0 saturated heterocycles. The van der Waals surface area contributed by atoms with Crippen LogP contribution >= 0.6 is 0 Å². The number of methoxy groups -OCH3 is 1. The molecule has 0 aliphatic carbocycles. The average Bonchev–Trinajstić information content (AvgIpc) is 3.29. The van der Waals surface area contributed by atoms with Crippen LogP contribution in [-0.2, 0) is 24.4 Å². The first-order valence-electron chi connectivity index (χ1n) is 12.5. The van der Waals surface area contributed by atoms with Gasteiger partial charge in [0.05, 0.1) is 26.8 Å². The van der Waals surface area contributed by atoms with Crippen LogP contribution in [0.2, 0.25) is 0 Å². The first kappa shape index (κ1) is 24.4. The number of carbonyl (C=O) groups excluding carboxylic acids is 2. The molecule has 1 aliphatic heterocycles. The number of nitrogens with one attached hydrogen (secondary N) is 1. The Bertz CT molecular complexity index is 1460. The van der Waals surface area contributed by atoms with Crippen molar-refractivity contribution in [3.63, 3.8) is 0 Å². The maximum Gasteiger partial charge on any atom is 0.271 e. The predicted octanol–water partition coefficient (Wildman–Crippen LogP) is 4.78. The fraction of sp³-hybridized carbons (Fsp3) is 0.267. The molecule has 3 aromatic carbocycles. The number of nitrogens with zero attached hydrogens (tertiary/aromatic N) is 2.